The first-order valence-electron chi connectivity index (χ1n) is 9.91. The van der Waals surface area contributed by atoms with Gasteiger partial charge in [-0.3, -0.25) is 0 Å². The van der Waals surface area contributed by atoms with Gasteiger partial charge in [0.2, 0.25) is 0 Å². The molecule has 0 aliphatic heterocycles. The van der Waals surface area contributed by atoms with E-state index in [1.165, 1.54) is 12.1 Å². The second-order valence-corrected chi connectivity index (χ2v) is 7.69. The van der Waals surface area contributed by atoms with Gasteiger partial charge in [-0.25, -0.2) is 8.78 Å². The number of halogens is 2. The van der Waals surface area contributed by atoms with Gasteiger partial charge in [-0.05, 0) is 79.8 Å². The highest BCUT2D eigenvalue weighted by molar-refractivity contribution is 6.24. The van der Waals surface area contributed by atoms with E-state index in [1.807, 2.05) is 48.5 Å². The van der Waals surface area contributed by atoms with Gasteiger partial charge < -0.3 is 0 Å². The van der Waals surface area contributed by atoms with Crippen LogP contribution in [-0.4, -0.2) is 0 Å². The zero-order valence-corrected chi connectivity index (χ0v) is 16.0. The molecular formula is C28H16F2. The molecule has 6 aromatic carbocycles. The molecule has 0 saturated heterocycles. The van der Waals surface area contributed by atoms with E-state index >= 15 is 0 Å². The fourth-order valence-corrected chi connectivity index (χ4v) is 4.54. The molecule has 30 heavy (non-hydrogen) atoms. The first-order valence-corrected chi connectivity index (χ1v) is 9.91. The summed E-state index contributed by atoms with van der Waals surface area (Å²) in [4.78, 5) is 0. The highest BCUT2D eigenvalue weighted by Gasteiger charge is 2.14. The molecule has 6 aromatic rings. The van der Waals surface area contributed by atoms with Crippen LogP contribution in [0.4, 0.5) is 8.78 Å². The fourth-order valence-electron chi connectivity index (χ4n) is 4.54. The summed E-state index contributed by atoms with van der Waals surface area (Å²) >= 11 is 0. The van der Waals surface area contributed by atoms with Gasteiger partial charge in [0.25, 0.3) is 0 Å². The summed E-state index contributed by atoms with van der Waals surface area (Å²) in [7, 11) is 0. The molecule has 0 N–H and O–H groups in total. The molecule has 142 valence electrons. The zero-order chi connectivity index (χ0) is 20.2. The van der Waals surface area contributed by atoms with Crippen LogP contribution in [0.2, 0.25) is 0 Å². The Morgan fingerprint density at radius 2 is 0.733 bits per heavy atom. The molecule has 0 radical (unpaired) electrons. The van der Waals surface area contributed by atoms with Crippen LogP contribution in [0.3, 0.4) is 0 Å². The van der Waals surface area contributed by atoms with Crippen molar-refractivity contribution in [1.29, 1.82) is 0 Å². The van der Waals surface area contributed by atoms with Crippen molar-refractivity contribution >= 4 is 32.3 Å². The Morgan fingerprint density at radius 1 is 0.400 bits per heavy atom. The zero-order valence-electron chi connectivity index (χ0n) is 16.0. The van der Waals surface area contributed by atoms with Crippen LogP contribution in [0.5, 0.6) is 0 Å². The van der Waals surface area contributed by atoms with Gasteiger partial charge in [0.05, 0.1) is 0 Å². The van der Waals surface area contributed by atoms with Crippen LogP contribution in [0.15, 0.2) is 97.1 Å². The Morgan fingerprint density at radius 3 is 1.07 bits per heavy atom. The van der Waals surface area contributed by atoms with Crippen LogP contribution in [0.1, 0.15) is 0 Å². The number of benzene rings is 6. The largest absolute Gasteiger partial charge is 0.206 e. The predicted octanol–water partition coefficient (Wildman–Crippen LogP) is 8.20. The second kappa shape index (κ2) is 6.36. The number of rotatable bonds is 2. The van der Waals surface area contributed by atoms with Gasteiger partial charge in [-0.15, -0.1) is 0 Å². The third-order valence-corrected chi connectivity index (χ3v) is 5.90. The van der Waals surface area contributed by atoms with Crippen molar-refractivity contribution in [2.75, 3.05) is 0 Å². The molecule has 0 aliphatic carbocycles. The van der Waals surface area contributed by atoms with E-state index in [4.69, 9.17) is 0 Å². The molecular weight excluding hydrogens is 374 g/mol. The summed E-state index contributed by atoms with van der Waals surface area (Å²) in [6, 6.07) is 30.2. The molecule has 0 atom stereocenters. The third-order valence-electron chi connectivity index (χ3n) is 5.90. The summed E-state index contributed by atoms with van der Waals surface area (Å²) in [5, 5.41) is 6.60. The van der Waals surface area contributed by atoms with E-state index in [0.29, 0.717) is 11.1 Å². The molecule has 0 nitrogen and oxygen atoms in total. The summed E-state index contributed by atoms with van der Waals surface area (Å²) < 4.78 is 28.7. The maximum atomic E-state index is 14.4. The van der Waals surface area contributed by atoms with Crippen molar-refractivity contribution in [3.63, 3.8) is 0 Å². The van der Waals surface area contributed by atoms with Crippen LogP contribution in [-0.2, 0) is 0 Å². The van der Waals surface area contributed by atoms with Gasteiger partial charge in [0.1, 0.15) is 11.6 Å². The van der Waals surface area contributed by atoms with Gasteiger partial charge >= 0.3 is 0 Å². The number of hydrogen-bond acceptors (Lipinski definition) is 0. The highest BCUT2D eigenvalue weighted by Crippen LogP contribution is 2.40. The summed E-state index contributed by atoms with van der Waals surface area (Å²) in [5.41, 5.74) is 2.94. The molecule has 2 heteroatoms. The minimum atomic E-state index is -0.222. The number of hydrogen-bond donors (Lipinski definition) is 0. The van der Waals surface area contributed by atoms with Crippen LogP contribution in [0, 0.1) is 11.6 Å². The standard InChI is InChI=1S/C28H16F2/c29-25-7-3-1-5-23(25)21-13-17-9-11-19-15-22(24-6-2-4-8-26(24)30)16-20-12-10-18(14-21)27(17)28(19)20/h1-16H. The van der Waals surface area contributed by atoms with E-state index in [1.54, 1.807) is 12.1 Å². The lowest BCUT2D eigenvalue weighted by atomic mass is 9.89. The van der Waals surface area contributed by atoms with Crippen LogP contribution >= 0.6 is 0 Å². The lowest BCUT2D eigenvalue weighted by molar-refractivity contribution is 0.631. The monoisotopic (exact) mass is 390 g/mol. The normalized spacial score (nSPS) is 11.7. The van der Waals surface area contributed by atoms with Crippen LogP contribution < -0.4 is 0 Å². The predicted molar refractivity (Wildman–Crippen MR) is 121 cm³/mol. The molecule has 0 bridgehead atoms. The van der Waals surface area contributed by atoms with E-state index in [9.17, 15) is 8.78 Å². The molecule has 0 aliphatic rings. The molecule has 0 unspecified atom stereocenters. The first-order chi connectivity index (χ1) is 14.7. The van der Waals surface area contributed by atoms with Gasteiger partial charge in [0, 0.05) is 11.1 Å². The van der Waals surface area contributed by atoms with E-state index < -0.39 is 0 Å². The molecule has 0 fully saturated rings. The Bertz CT molecular complexity index is 1380. The molecule has 0 saturated carbocycles. The average Bonchev–Trinajstić information content (AvgIpc) is 2.77. The maximum absolute atomic E-state index is 14.4. The summed E-state index contributed by atoms with van der Waals surface area (Å²) in [6.45, 7) is 0. The van der Waals surface area contributed by atoms with Crippen molar-refractivity contribution in [2.24, 2.45) is 0 Å². The topological polar surface area (TPSA) is 0 Å². The van der Waals surface area contributed by atoms with Crippen molar-refractivity contribution in [3.05, 3.63) is 109 Å². The maximum Gasteiger partial charge on any atom is 0.131 e. The Balaban J connectivity index is 1.64. The Labute approximate surface area is 172 Å². The van der Waals surface area contributed by atoms with Crippen molar-refractivity contribution < 1.29 is 8.78 Å². The van der Waals surface area contributed by atoms with Crippen molar-refractivity contribution in [1.82, 2.24) is 0 Å². The minimum absolute atomic E-state index is 0.222. The van der Waals surface area contributed by atoms with E-state index in [-0.39, 0.29) is 11.6 Å². The quantitative estimate of drug-likeness (QED) is 0.261. The molecule has 6 rings (SSSR count). The molecule has 0 amide bonds. The Kier molecular flexibility index (Phi) is 3.63. The van der Waals surface area contributed by atoms with Crippen molar-refractivity contribution in [2.45, 2.75) is 0 Å². The third kappa shape index (κ3) is 2.50. The van der Waals surface area contributed by atoms with Gasteiger partial charge in [-0.2, -0.15) is 0 Å². The summed E-state index contributed by atoms with van der Waals surface area (Å²) in [5.74, 6) is -0.445. The first kappa shape index (κ1) is 17.1. The highest BCUT2D eigenvalue weighted by atomic mass is 19.1. The van der Waals surface area contributed by atoms with E-state index in [2.05, 4.69) is 24.3 Å². The fraction of sp³-hybridized carbons (Fsp3) is 0. The van der Waals surface area contributed by atoms with Gasteiger partial charge in [-0.1, -0.05) is 60.7 Å². The van der Waals surface area contributed by atoms with Crippen molar-refractivity contribution in [3.8, 4) is 22.3 Å². The summed E-state index contributed by atoms with van der Waals surface area (Å²) in [6.07, 6.45) is 0. The SMILES string of the molecule is Fc1ccccc1-c1cc2ccc3cc(-c4ccccc4F)cc4ccc(c1)c2c34. The Hall–Kier alpha value is -3.78. The lowest BCUT2D eigenvalue weighted by Gasteiger charge is -2.15. The van der Waals surface area contributed by atoms with E-state index in [0.717, 1.165) is 43.4 Å². The van der Waals surface area contributed by atoms with Gasteiger partial charge in [0.15, 0.2) is 0 Å². The second-order valence-electron chi connectivity index (χ2n) is 7.69. The smallest absolute Gasteiger partial charge is 0.131 e. The molecule has 0 aromatic heterocycles. The lowest BCUT2D eigenvalue weighted by Crippen LogP contribution is -1.89. The average molecular weight is 390 g/mol. The molecule has 0 heterocycles. The minimum Gasteiger partial charge on any atom is -0.206 e. The van der Waals surface area contributed by atoms with Crippen LogP contribution in [0.25, 0.3) is 54.6 Å². The molecule has 0 spiro atoms.